The van der Waals surface area contributed by atoms with Crippen molar-refractivity contribution in [1.82, 2.24) is 10.2 Å². The normalized spacial score (nSPS) is 17.6. The molecule has 0 bridgehead atoms. The predicted molar refractivity (Wildman–Crippen MR) is 111 cm³/mol. The number of hydrogen-bond donors (Lipinski definition) is 1. The number of carbonyl (C=O) groups excluding carboxylic acids is 1. The Morgan fingerprint density at radius 2 is 2.04 bits per heavy atom. The molecule has 5 heteroatoms. The summed E-state index contributed by atoms with van der Waals surface area (Å²) in [5.41, 5.74) is 3.58. The zero-order chi connectivity index (χ0) is 19.1. The summed E-state index contributed by atoms with van der Waals surface area (Å²) in [5.74, 6) is 0.0816. The van der Waals surface area contributed by atoms with Crippen molar-refractivity contribution in [2.75, 3.05) is 19.7 Å². The SMILES string of the molecule is CC1CN(Cc2cccc(CNC(=O)CCc3ccccc3Br)c2)CCO1. The number of nitrogens with one attached hydrogen (secondary N) is 1. The van der Waals surface area contributed by atoms with Crippen molar-refractivity contribution in [3.63, 3.8) is 0 Å². The van der Waals surface area contributed by atoms with Crippen LogP contribution in [0.15, 0.2) is 53.0 Å². The van der Waals surface area contributed by atoms with Gasteiger partial charge in [-0.05, 0) is 36.1 Å². The lowest BCUT2D eigenvalue weighted by Gasteiger charge is -2.31. The van der Waals surface area contributed by atoms with Crippen LogP contribution in [0, 0.1) is 0 Å². The van der Waals surface area contributed by atoms with Crippen molar-refractivity contribution in [3.8, 4) is 0 Å². The molecule has 0 aromatic heterocycles. The van der Waals surface area contributed by atoms with Crippen molar-refractivity contribution in [1.29, 1.82) is 0 Å². The third-order valence-corrected chi connectivity index (χ3v) is 5.57. The molecule has 2 aromatic carbocycles. The van der Waals surface area contributed by atoms with Gasteiger partial charge in [0, 0.05) is 37.1 Å². The van der Waals surface area contributed by atoms with Gasteiger partial charge >= 0.3 is 0 Å². The summed E-state index contributed by atoms with van der Waals surface area (Å²) in [6, 6.07) is 16.5. The summed E-state index contributed by atoms with van der Waals surface area (Å²) < 4.78 is 6.66. The summed E-state index contributed by atoms with van der Waals surface area (Å²) in [6.45, 7) is 6.36. The minimum Gasteiger partial charge on any atom is -0.376 e. The lowest BCUT2D eigenvalue weighted by Crippen LogP contribution is -2.40. The first-order valence-corrected chi connectivity index (χ1v) is 10.3. The summed E-state index contributed by atoms with van der Waals surface area (Å²) in [5, 5.41) is 3.04. The van der Waals surface area contributed by atoms with E-state index in [1.807, 2.05) is 24.3 Å². The Labute approximate surface area is 170 Å². The van der Waals surface area contributed by atoms with Crippen molar-refractivity contribution in [3.05, 3.63) is 69.7 Å². The highest BCUT2D eigenvalue weighted by atomic mass is 79.9. The van der Waals surface area contributed by atoms with Gasteiger partial charge in [0.25, 0.3) is 0 Å². The van der Waals surface area contributed by atoms with Crippen molar-refractivity contribution in [2.45, 2.75) is 39.0 Å². The maximum atomic E-state index is 12.2. The molecule has 1 fully saturated rings. The Morgan fingerprint density at radius 1 is 1.22 bits per heavy atom. The Balaban J connectivity index is 1.46. The lowest BCUT2D eigenvalue weighted by molar-refractivity contribution is -0.121. The minimum absolute atomic E-state index is 0.0816. The van der Waals surface area contributed by atoms with Crippen LogP contribution in [-0.2, 0) is 29.0 Å². The molecule has 4 nitrogen and oxygen atoms in total. The van der Waals surface area contributed by atoms with Gasteiger partial charge in [0.2, 0.25) is 5.91 Å². The highest BCUT2D eigenvalue weighted by molar-refractivity contribution is 9.10. The fourth-order valence-corrected chi connectivity index (χ4v) is 3.85. The van der Waals surface area contributed by atoms with Gasteiger partial charge in [0.1, 0.15) is 0 Å². The maximum Gasteiger partial charge on any atom is 0.220 e. The second-order valence-electron chi connectivity index (χ2n) is 7.10. The standard InChI is InChI=1S/C22H27BrN2O2/c1-17-15-25(11-12-27-17)16-19-6-4-5-18(13-19)14-24-22(26)10-9-20-7-2-3-8-21(20)23/h2-8,13,17H,9-12,14-16H2,1H3,(H,24,26). The Bertz CT molecular complexity index is 765. The molecule has 0 saturated carbocycles. The van der Waals surface area contributed by atoms with Crippen molar-refractivity contribution >= 4 is 21.8 Å². The Hall–Kier alpha value is -1.69. The van der Waals surface area contributed by atoms with Gasteiger partial charge in [-0.3, -0.25) is 9.69 Å². The number of carbonyl (C=O) groups is 1. The topological polar surface area (TPSA) is 41.6 Å². The molecule has 3 rings (SSSR count). The van der Waals surface area contributed by atoms with Gasteiger partial charge < -0.3 is 10.1 Å². The molecule has 2 aromatic rings. The number of benzene rings is 2. The molecule has 1 amide bonds. The molecule has 0 radical (unpaired) electrons. The van der Waals surface area contributed by atoms with E-state index in [-0.39, 0.29) is 5.91 Å². The summed E-state index contributed by atoms with van der Waals surface area (Å²) in [4.78, 5) is 14.6. The minimum atomic E-state index is 0.0816. The molecule has 1 heterocycles. The molecule has 1 aliphatic rings. The van der Waals surface area contributed by atoms with E-state index in [4.69, 9.17) is 4.74 Å². The Kier molecular flexibility index (Phi) is 7.44. The van der Waals surface area contributed by atoms with E-state index in [2.05, 4.69) is 57.3 Å². The molecular formula is C22H27BrN2O2. The zero-order valence-corrected chi connectivity index (χ0v) is 17.4. The smallest absolute Gasteiger partial charge is 0.220 e. The summed E-state index contributed by atoms with van der Waals surface area (Å²) in [6.07, 6.45) is 1.53. The first kappa shape index (κ1) is 20.1. The first-order valence-electron chi connectivity index (χ1n) is 9.52. The molecular weight excluding hydrogens is 404 g/mol. The highest BCUT2D eigenvalue weighted by Crippen LogP contribution is 2.17. The lowest BCUT2D eigenvalue weighted by atomic mass is 10.1. The molecule has 1 N–H and O–H groups in total. The average Bonchev–Trinajstić information content (AvgIpc) is 2.66. The number of aryl methyl sites for hydroxylation is 1. The van der Waals surface area contributed by atoms with Crippen LogP contribution in [0.3, 0.4) is 0 Å². The molecule has 0 aliphatic carbocycles. The second kappa shape index (κ2) is 10.0. The number of nitrogens with zero attached hydrogens (tertiary/aromatic N) is 1. The van der Waals surface area contributed by atoms with Gasteiger partial charge in [0.15, 0.2) is 0 Å². The van der Waals surface area contributed by atoms with Gasteiger partial charge in [-0.2, -0.15) is 0 Å². The van der Waals surface area contributed by atoms with Crippen LogP contribution >= 0.6 is 15.9 Å². The molecule has 1 aliphatic heterocycles. The maximum absolute atomic E-state index is 12.2. The fraction of sp³-hybridized carbons (Fsp3) is 0.409. The number of hydrogen-bond acceptors (Lipinski definition) is 3. The molecule has 0 spiro atoms. The molecule has 1 atom stereocenters. The number of ether oxygens (including phenoxy) is 1. The van der Waals surface area contributed by atoms with Crippen molar-refractivity contribution < 1.29 is 9.53 Å². The van der Waals surface area contributed by atoms with E-state index in [1.165, 1.54) is 5.56 Å². The largest absolute Gasteiger partial charge is 0.376 e. The summed E-state index contributed by atoms with van der Waals surface area (Å²) >= 11 is 3.53. The second-order valence-corrected chi connectivity index (χ2v) is 7.96. The predicted octanol–water partition coefficient (Wildman–Crippen LogP) is 3.92. The first-order chi connectivity index (χ1) is 13.1. The number of halogens is 1. The van der Waals surface area contributed by atoms with Crippen LogP contribution in [-0.4, -0.2) is 36.6 Å². The van der Waals surface area contributed by atoms with Crippen LogP contribution < -0.4 is 5.32 Å². The van der Waals surface area contributed by atoms with Crippen LogP contribution in [0.5, 0.6) is 0 Å². The average molecular weight is 431 g/mol. The van der Waals surface area contributed by atoms with E-state index in [9.17, 15) is 4.79 Å². The third-order valence-electron chi connectivity index (χ3n) is 4.79. The number of morpholine rings is 1. The van der Waals surface area contributed by atoms with Gasteiger partial charge in [-0.1, -0.05) is 58.4 Å². The van der Waals surface area contributed by atoms with Crippen LogP contribution in [0.1, 0.15) is 30.0 Å². The highest BCUT2D eigenvalue weighted by Gasteiger charge is 2.16. The van der Waals surface area contributed by atoms with E-state index in [0.717, 1.165) is 48.3 Å². The summed E-state index contributed by atoms with van der Waals surface area (Å²) in [7, 11) is 0. The number of rotatable bonds is 7. The van der Waals surface area contributed by atoms with Gasteiger partial charge in [-0.15, -0.1) is 0 Å². The van der Waals surface area contributed by atoms with Crippen molar-refractivity contribution in [2.24, 2.45) is 0 Å². The zero-order valence-electron chi connectivity index (χ0n) is 15.8. The molecule has 27 heavy (non-hydrogen) atoms. The third kappa shape index (κ3) is 6.45. The number of amides is 1. The molecule has 1 saturated heterocycles. The van der Waals surface area contributed by atoms with Gasteiger partial charge in [0.05, 0.1) is 12.7 Å². The molecule has 1 unspecified atom stereocenters. The van der Waals surface area contributed by atoms with Crippen LogP contribution in [0.2, 0.25) is 0 Å². The molecule has 144 valence electrons. The van der Waals surface area contributed by atoms with Crippen LogP contribution in [0.25, 0.3) is 0 Å². The van der Waals surface area contributed by atoms with Gasteiger partial charge in [-0.25, -0.2) is 0 Å². The fourth-order valence-electron chi connectivity index (χ4n) is 3.37. The Morgan fingerprint density at radius 3 is 2.85 bits per heavy atom. The van der Waals surface area contributed by atoms with E-state index in [1.54, 1.807) is 0 Å². The van der Waals surface area contributed by atoms with E-state index >= 15 is 0 Å². The van der Waals surface area contributed by atoms with Crippen LogP contribution in [0.4, 0.5) is 0 Å². The monoisotopic (exact) mass is 430 g/mol. The van der Waals surface area contributed by atoms with E-state index < -0.39 is 0 Å². The van der Waals surface area contributed by atoms with E-state index in [0.29, 0.717) is 19.1 Å². The quantitative estimate of drug-likeness (QED) is 0.723.